The van der Waals surface area contributed by atoms with Crippen molar-refractivity contribution >= 4 is 46.9 Å². The average Bonchev–Trinajstić information content (AvgIpc) is 3.29. The Morgan fingerprint density at radius 1 is 1.24 bits per heavy atom. The third-order valence-electron chi connectivity index (χ3n) is 4.63. The number of rotatable bonds is 3. The summed E-state index contributed by atoms with van der Waals surface area (Å²) in [5.41, 5.74) is 7.91. The Labute approximate surface area is 162 Å². The minimum atomic E-state index is 0. The Hall–Kier alpha value is -1.60. The van der Waals surface area contributed by atoms with Gasteiger partial charge in [0.05, 0.1) is 6.20 Å². The van der Waals surface area contributed by atoms with Crippen LogP contribution in [-0.2, 0) is 0 Å². The topological polar surface area (TPSA) is 63.6 Å². The Bertz CT molecular complexity index is 835. The molecule has 0 aliphatic carbocycles. The van der Waals surface area contributed by atoms with Gasteiger partial charge in [-0.3, -0.25) is 9.20 Å². The number of benzene rings is 1. The fourth-order valence-electron chi connectivity index (χ4n) is 3.39. The summed E-state index contributed by atoms with van der Waals surface area (Å²) in [4.78, 5) is 19.9. The predicted octanol–water partition coefficient (Wildman–Crippen LogP) is 3.05. The zero-order valence-electron chi connectivity index (χ0n) is 13.4. The lowest BCUT2D eigenvalue weighted by atomic mass is 9.89. The maximum atomic E-state index is 12.9. The van der Waals surface area contributed by atoms with Gasteiger partial charge in [0.2, 0.25) is 0 Å². The molecule has 25 heavy (non-hydrogen) atoms. The standard InChI is InChI=1S/C17H18N4OS.2ClH/c18-6-13-8-20(9-14(13)12-4-2-1-3-5-12)17(22)15-10-23-16-7-19-11-21(15)16;;/h1-5,7,10-11,13-14H,6,8-9,18H2;2*1H/t13-,14+;;/m1../s1. The van der Waals surface area contributed by atoms with Crippen LogP contribution in [0.5, 0.6) is 0 Å². The minimum absolute atomic E-state index is 0. The second-order valence-electron chi connectivity index (χ2n) is 5.95. The van der Waals surface area contributed by atoms with Gasteiger partial charge in [0.15, 0.2) is 0 Å². The molecule has 3 aromatic rings. The molecule has 1 aliphatic rings. The van der Waals surface area contributed by atoms with Gasteiger partial charge in [-0.05, 0) is 18.0 Å². The van der Waals surface area contributed by atoms with Crippen molar-refractivity contribution in [1.29, 1.82) is 0 Å². The molecule has 5 nitrogen and oxygen atoms in total. The predicted molar refractivity (Wildman–Crippen MR) is 105 cm³/mol. The number of hydrogen-bond acceptors (Lipinski definition) is 4. The van der Waals surface area contributed by atoms with Crippen LogP contribution in [0.3, 0.4) is 0 Å². The molecule has 2 atom stereocenters. The first-order valence-corrected chi connectivity index (χ1v) is 8.59. The molecule has 0 unspecified atom stereocenters. The van der Waals surface area contributed by atoms with E-state index in [0.29, 0.717) is 30.6 Å². The Morgan fingerprint density at radius 2 is 2.00 bits per heavy atom. The van der Waals surface area contributed by atoms with Crippen molar-refractivity contribution in [2.24, 2.45) is 11.7 Å². The number of aromatic nitrogens is 2. The van der Waals surface area contributed by atoms with Crippen LogP contribution < -0.4 is 5.73 Å². The van der Waals surface area contributed by atoms with Crippen molar-refractivity contribution in [1.82, 2.24) is 14.3 Å². The molecule has 1 fully saturated rings. The quantitative estimate of drug-likeness (QED) is 0.736. The molecule has 8 heteroatoms. The Morgan fingerprint density at radius 3 is 2.72 bits per heavy atom. The molecule has 0 spiro atoms. The number of hydrogen-bond donors (Lipinski definition) is 1. The summed E-state index contributed by atoms with van der Waals surface area (Å²) in [5, 5.41) is 1.91. The van der Waals surface area contributed by atoms with E-state index >= 15 is 0 Å². The average molecular weight is 399 g/mol. The van der Waals surface area contributed by atoms with Gasteiger partial charge in [-0.15, -0.1) is 36.2 Å². The molecular formula is C17H20Cl2N4OS. The van der Waals surface area contributed by atoms with Crippen molar-refractivity contribution in [3.05, 3.63) is 59.5 Å². The number of nitrogens with two attached hydrogens (primary N) is 1. The number of likely N-dealkylation sites (tertiary alicyclic amines) is 1. The van der Waals surface area contributed by atoms with Gasteiger partial charge in [-0.25, -0.2) is 4.98 Å². The van der Waals surface area contributed by atoms with Gasteiger partial charge >= 0.3 is 0 Å². The maximum absolute atomic E-state index is 12.9. The summed E-state index contributed by atoms with van der Waals surface area (Å²) in [6, 6.07) is 10.3. The first-order valence-electron chi connectivity index (χ1n) is 7.71. The zero-order valence-corrected chi connectivity index (χ0v) is 15.9. The SMILES string of the molecule is Cl.Cl.NC[C@@H]1CN(C(=O)c2csc3cncn23)C[C@H]1c1ccccc1. The van der Waals surface area contributed by atoms with Gasteiger partial charge in [-0.2, -0.15) is 0 Å². The van der Waals surface area contributed by atoms with Gasteiger partial charge in [0, 0.05) is 24.4 Å². The summed E-state index contributed by atoms with van der Waals surface area (Å²) >= 11 is 1.54. The molecule has 1 saturated heterocycles. The molecule has 3 heterocycles. The number of carbonyl (C=O) groups excluding carboxylic acids is 1. The van der Waals surface area contributed by atoms with Crippen LogP contribution in [0, 0.1) is 5.92 Å². The van der Waals surface area contributed by atoms with Crippen LogP contribution in [0.4, 0.5) is 0 Å². The first-order chi connectivity index (χ1) is 11.3. The highest BCUT2D eigenvalue weighted by molar-refractivity contribution is 7.15. The molecule has 0 bridgehead atoms. The van der Waals surface area contributed by atoms with Crippen LogP contribution in [-0.4, -0.2) is 39.8 Å². The van der Waals surface area contributed by atoms with E-state index in [1.54, 1.807) is 12.5 Å². The van der Waals surface area contributed by atoms with Crippen molar-refractivity contribution < 1.29 is 4.79 Å². The number of nitrogens with zero attached hydrogens (tertiary/aromatic N) is 3. The second-order valence-corrected chi connectivity index (χ2v) is 6.84. The number of fused-ring (bicyclic) bond motifs is 1. The third-order valence-corrected chi connectivity index (χ3v) is 5.52. The van der Waals surface area contributed by atoms with Crippen molar-refractivity contribution in [2.75, 3.05) is 19.6 Å². The fourth-order valence-corrected chi connectivity index (χ4v) is 4.22. The van der Waals surface area contributed by atoms with Crippen LogP contribution in [0.2, 0.25) is 0 Å². The van der Waals surface area contributed by atoms with Crippen LogP contribution in [0.15, 0.2) is 48.2 Å². The first kappa shape index (κ1) is 19.7. The number of carbonyl (C=O) groups is 1. The number of thiazole rings is 1. The molecule has 0 saturated carbocycles. The molecule has 1 aromatic carbocycles. The number of halogens is 2. The molecule has 0 radical (unpaired) electrons. The van der Waals surface area contributed by atoms with E-state index in [4.69, 9.17) is 5.73 Å². The largest absolute Gasteiger partial charge is 0.336 e. The van der Waals surface area contributed by atoms with Crippen LogP contribution in [0.25, 0.3) is 4.83 Å². The lowest BCUT2D eigenvalue weighted by Gasteiger charge is -2.16. The highest BCUT2D eigenvalue weighted by Gasteiger charge is 2.36. The van der Waals surface area contributed by atoms with E-state index in [2.05, 4.69) is 17.1 Å². The lowest BCUT2D eigenvalue weighted by Crippen LogP contribution is -2.30. The molecule has 2 aromatic heterocycles. The van der Waals surface area contributed by atoms with Crippen molar-refractivity contribution in [2.45, 2.75) is 5.92 Å². The highest BCUT2D eigenvalue weighted by atomic mass is 35.5. The van der Waals surface area contributed by atoms with E-state index in [1.165, 1.54) is 16.9 Å². The van der Waals surface area contributed by atoms with Crippen molar-refractivity contribution in [3.8, 4) is 0 Å². The summed E-state index contributed by atoms with van der Waals surface area (Å²) in [5.74, 6) is 0.673. The Balaban J connectivity index is 0.00000113. The van der Waals surface area contributed by atoms with Crippen LogP contribution >= 0.6 is 36.2 Å². The maximum Gasteiger partial charge on any atom is 0.271 e. The normalized spacial score (nSPS) is 19.5. The van der Waals surface area contributed by atoms with Crippen molar-refractivity contribution in [3.63, 3.8) is 0 Å². The molecule has 134 valence electrons. The van der Waals surface area contributed by atoms with Gasteiger partial charge in [-0.1, -0.05) is 30.3 Å². The van der Waals surface area contributed by atoms with Gasteiger partial charge in [0.25, 0.3) is 5.91 Å². The van der Waals surface area contributed by atoms with E-state index < -0.39 is 0 Å². The highest BCUT2D eigenvalue weighted by Crippen LogP contribution is 2.33. The number of amides is 1. The molecule has 1 amide bonds. The van der Waals surface area contributed by atoms with E-state index in [0.717, 1.165) is 11.4 Å². The summed E-state index contributed by atoms with van der Waals surface area (Å²) in [6.45, 7) is 2.02. The summed E-state index contributed by atoms with van der Waals surface area (Å²) in [7, 11) is 0. The molecular weight excluding hydrogens is 379 g/mol. The summed E-state index contributed by atoms with van der Waals surface area (Å²) in [6.07, 6.45) is 3.48. The molecule has 4 rings (SSSR count). The van der Waals surface area contributed by atoms with E-state index in [9.17, 15) is 4.79 Å². The minimum Gasteiger partial charge on any atom is -0.336 e. The fraction of sp³-hybridized carbons (Fsp3) is 0.294. The number of imidazole rings is 1. The molecule has 2 N–H and O–H groups in total. The third kappa shape index (κ3) is 3.53. The van der Waals surface area contributed by atoms with E-state index in [1.807, 2.05) is 32.9 Å². The zero-order chi connectivity index (χ0) is 15.8. The monoisotopic (exact) mass is 398 g/mol. The molecule has 1 aliphatic heterocycles. The van der Waals surface area contributed by atoms with Gasteiger partial charge in [0.1, 0.15) is 16.9 Å². The smallest absolute Gasteiger partial charge is 0.271 e. The van der Waals surface area contributed by atoms with E-state index in [-0.39, 0.29) is 30.7 Å². The lowest BCUT2D eigenvalue weighted by molar-refractivity contribution is 0.0780. The summed E-state index contributed by atoms with van der Waals surface area (Å²) < 4.78 is 1.86. The van der Waals surface area contributed by atoms with Gasteiger partial charge < -0.3 is 10.6 Å². The Kier molecular flexibility index (Phi) is 6.46. The van der Waals surface area contributed by atoms with Crippen LogP contribution in [0.1, 0.15) is 22.0 Å². The second kappa shape index (κ2) is 8.19.